The Morgan fingerprint density at radius 2 is 2.00 bits per heavy atom. The fraction of sp³-hybridized carbons (Fsp3) is 0.308. The van der Waals surface area contributed by atoms with Gasteiger partial charge in [0.05, 0.1) is 12.6 Å². The van der Waals surface area contributed by atoms with Crippen molar-refractivity contribution in [2.24, 2.45) is 5.84 Å². The maximum absolute atomic E-state index is 12.6. The minimum absolute atomic E-state index is 0.397. The Balaban J connectivity index is 2.24. The lowest BCUT2D eigenvalue weighted by Gasteiger charge is -2.14. The number of hydrogen-bond acceptors (Lipinski definition) is 5. The normalized spacial score (nSPS) is 13.2. The Hall–Kier alpha value is -1.64. The largest absolute Gasteiger partial charge is 0.494 e. The van der Waals surface area contributed by atoms with E-state index in [1.807, 2.05) is 6.92 Å². The topological polar surface area (TPSA) is 60.2 Å². The van der Waals surface area contributed by atoms with Gasteiger partial charge in [0, 0.05) is 11.1 Å². The molecule has 0 aliphatic rings. The molecule has 1 heterocycles. The van der Waals surface area contributed by atoms with Crippen LogP contribution < -0.4 is 16.0 Å². The SMILES string of the molecule is CCOc1ccc(C(NN)c2cnc(C(F)(F)F)s2)cc1. The van der Waals surface area contributed by atoms with Crippen LogP contribution in [0.15, 0.2) is 30.5 Å². The molecule has 0 fully saturated rings. The van der Waals surface area contributed by atoms with Crippen LogP contribution in [0, 0.1) is 0 Å². The first kappa shape index (κ1) is 15.7. The van der Waals surface area contributed by atoms with Crippen molar-refractivity contribution in [3.05, 3.63) is 45.9 Å². The van der Waals surface area contributed by atoms with Gasteiger partial charge in [0.15, 0.2) is 5.01 Å². The second kappa shape index (κ2) is 6.42. The molecule has 0 aliphatic heterocycles. The monoisotopic (exact) mass is 317 g/mol. The van der Waals surface area contributed by atoms with Crippen LogP contribution >= 0.6 is 11.3 Å². The van der Waals surface area contributed by atoms with Gasteiger partial charge >= 0.3 is 6.18 Å². The third-order valence-electron chi connectivity index (χ3n) is 2.74. The van der Waals surface area contributed by atoms with Gasteiger partial charge in [-0.05, 0) is 24.6 Å². The number of nitrogens with zero attached hydrogens (tertiary/aromatic N) is 1. The summed E-state index contributed by atoms with van der Waals surface area (Å²) in [5.74, 6) is 6.16. The van der Waals surface area contributed by atoms with Crippen molar-refractivity contribution < 1.29 is 17.9 Å². The van der Waals surface area contributed by atoms with Crippen LogP contribution in [-0.2, 0) is 6.18 Å². The van der Waals surface area contributed by atoms with E-state index in [4.69, 9.17) is 10.6 Å². The first-order valence-corrected chi connectivity index (χ1v) is 6.99. The first-order valence-electron chi connectivity index (χ1n) is 6.17. The summed E-state index contributed by atoms with van der Waals surface area (Å²) >= 11 is 0.572. The molecule has 0 bridgehead atoms. The summed E-state index contributed by atoms with van der Waals surface area (Å²) in [5.41, 5.74) is 3.25. The maximum atomic E-state index is 12.6. The van der Waals surface area contributed by atoms with Crippen LogP contribution in [0.25, 0.3) is 0 Å². The van der Waals surface area contributed by atoms with E-state index in [2.05, 4.69) is 10.4 Å². The van der Waals surface area contributed by atoms with Crippen molar-refractivity contribution in [3.8, 4) is 5.75 Å². The van der Waals surface area contributed by atoms with Crippen molar-refractivity contribution >= 4 is 11.3 Å². The number of hydrazine groups is 1. The zero-order chi connectivity index (χ0) is 15.5. The highest BCUT2D eigenvalue weighted by Gasteiger charge is 2.35. The molecule has 1 unspecified atom stereocenters. The fourth-order valence-corrected chi connectivity index (χ4v) is 2.69. The summed E-state index contributed by atoms with van der Waals surface area (Å²) in [6.07, 6.45) is -3.25. The van der Waals surface area contributed by atoms with Crippen LogP contribution in [0.2, 0.25) is 0 Å². The highest BCUT2D eigenvalue weighted by Crippen LogP contribution is 2.35. The molecule has 1 aromatic heterocycles. The van der Waals surface area contributed by atoms with E-state index >= 15 is 0 Å². The molecule has 0 spiro atoms. The maximum Gasteiger partial charge on any atom is 0.443 e. The van der Waals surface area contributed by atoms with E-state index in [-0.39, 0.29) is 0 Å². The molecule has 0 amide bonds. The Bertz CT molecular complexity index is 583. The molecule has 3 N–H and O–H groups in total. The van der Waals surface area contributed by atoms with E-state index in [9.17, 15) is 13.2 Å². The summed E-state index contributed by atoms with van der Waals surface area (Å²) in [7, 11) is 0. The molecule has 1 aromatic carbocycles. The Labute approximate surface area is 123 Å². The number of nitrogens with two attached hydrogens (primary N) is 1. The molecule has 2 rings (SSSR count). The number of halogens is 3. The van der Waals surface area contributed by atoms with Crippen LogP contribution in [0.1, 0.15) is 28.4 Å². The van der Waals surface area contributed by atoms with E-state index in [0.717, 1.165) is 5.56 Å². The number of thiazole rings is 1. The van der Waals surface area contributed by atoms with Crippen molar-refractivity contribution in [1.29, 1.82) is 0 Å². The summed E-state index contributed by atoms with van der Waals surface area (Å²) < 4.78 is 43.1. The molecule has 4 nitrogen and oxygen atoms in total. The highest BCUT2D eigenvalue weighted by atomic mass is 32.1. The lowest BCUT2D eigenvalue weighted by Crippen LogP contribution is -2.28. The molecule has 114 valence electrons. The molecule has 2 aromatic rings. The Morgan fingerprint density at radius 3 is 2.48 bits per heavy atom. The lowest BCUT2D eigenvalue weighted by molar-refractivity contribution is -0.137. The van der Waals surface area contributed by atoms with Gasteiger partial charge < -0.3 is 4.74 Å². The van der Waals surface area contributed by atoms with Crippen molar-refractivity contribution in [2.75, 3.05) is 6.61 Å². The van der Waals surface area contributed by atoms with Gasteiger partial charge in [-0.3, -0.25) is 5.84 Å². The van der Waals surface area contributed by atoms with Gasteiger partial charge in [0.1, 0.15) is 5.75 Å². The zero-order valence-electron chi connectivity index (χ0n) is 11.1. The van der Waals surface area contributed by atoms with Crippen LogP contribution in [0.4, 0.5) is 13.2 Å². The summed E-state index contributed by atoms with van der Waals surface area (Å²) in [6, 6.07) is 6.45. The van der Waals surface area contributed by atoms with Gasteiger partial charge in [-0.2, -0.15) is 13.2 Å². The molecule has 0 saturated heterocycles. The molecule has 0 saturated carbocycles. The summed E-state index contributed by atoms with van der Waals surface area (Å²) in [6.45, 7) is 2.41. The third kappa shape index (κ3) is 3.72. The summed E-state index contributed by atoms with van der Waals surface area (Å²) in [4.78, 5) is 3.80. The minimum Gasteiger partial charge on any atom is -0.494 e. The van der Waals surface area contributed by atoms with Crippen molar-refractivity contribution in [2.45, 2.75) is 19.1 Å². The van der Waals surface area contributed by atoms with Crippen molar-refractivity contribution in [1.82, 2.24) is 10.4 Å². The predicted octanol–water partition coefficient (Wildman–Crippen LogP) is 3.11. The predicted molar refractivity (Wildman–Crippen MR) is 73.9 cm³/mol. The third-order valence-corrected chi connectivity index (χ3v) is 3.85. The van der Waals surface area contributed by atoms with E-state index in [0.29, 0.717) is 28.6 Å². The van der Waals surface area contributed by atoms with Gasteiger partial charge in [-0.15, -0.1) is 11.3 Å². The molecular weight excluding hydrogens is 303 g/mol. The molecule has 1 atom stereocenters. The zero-order valence-corrected chi connectivity index (χ0v) is 12.0. The number of ether oxygens (including phenoxy) is 1. The van der Waals surface area contributed by atoms with Gasteiger partial charge in [-0.1, -0.05) is 12.1 Å². The Kier molecular flexibility index (Phi) is 4.81. The Morgan fingerprint density at radius 1 is 1.33 bits per heavy atom. The average Bonchev–Trinajstić information content (AvgIpc) is 2.91. The van der Waals surface area contributed by atoms with E-state index in [1.165, 1.54) is 6.20 Å². The molecule has 8 heteroatoms. The number of benzene rings is 1. The van der Waals surface area contributed by atoms with Gasteiger partial charge in [0.25, 0.3) is 0 Å². The smallest absolute Gasteiger partial charge is 0.443 e. The van der Waals surface area contributed by atoms with Gasteiger partial charge in [0.2, 0.25) is 0 Å². The molecule has 0 radical (unpaired) electrons. The number of aromatic nitrogens is 1. The van der Waals surface area contributed by atoms with E-state index in [1.54, 1.807) is 24.3 Å². The second-order valence-electron chi connectivity index (χ2n) is 4.17. The minimum atomic E-state index is -4.44. The second-order valence-corrected chi connectivity index (χ2v) is 5.23. The molecule has 21 heavy (non-hydrogen) atoms. The van der Waals surface area contributed by atoms with Crippen LogP contribution in [0.5, 0.6) is 5.75 Å². The molecular formula is C13H14F3N3OS. The summed E-state index contributed by atoms with van der Waals surface area (Å²) in [5, 5.41) is -0.885. The standard InChI is InChI=1S/C13H14F3N3OS/c1-2-20-9-5-3-8(4-6-9)11(19-17)10-7-18-12(21-10)13(14,15)16/h3-7,11,19H,2,17H2,1H3. The van der Waals surface area contributed by atoms with Gasteiger partial charge in [-0.25, -0.2) is 10.4 Å². The molecule has 0 aliphatic carbocycles. The number of hydrogen-bond donors (Lipinski definition) is 2. The number of alkyl halides is 3. The quantitative estimate of drug-likeness (QED) is 0.657. The first-order chi connectivity index (χ1) is 9.95. The van der Waals surface area contributed by atoms with E-state index < -0.39 is 17.2 Å². The fourth-order valence-electron chi connectivity index (χ4n) is 1.82. The average molecular weight is 317 g/mol. The van der Waals surface area contributed by atoms with Crippen LogP contribution in [-0.4, -0.2) is 11.6 Å². The lowest BCUT2D eigenvalue weighted by atomic mass is 10.1. The highest BCUT2D eigenvalue weighted by molar-refractivity contribution is 7.11. The number of nitrogens with one attached hydrogen (secondary N) is 1. The number of rotatable bonds is 5. The van der Waals surface area contributed by atoms with Crippen molar-refractivity contribution in [3.63, 3.8) is 0 Å². The van der Waals surface area contributed by atoms with Crippen LogP contribution in [0.3, 0.4) is 0 Å².